The van der Waals surface area contributed by atoms with Crippen LogP contribution in [0.15, 0.2) is 39.4 Å². The average molecular weight is 334 g/mol. The van der Waals surface area contributed by atoms with E-state index in [0.29, 0.717) is 4.47 Å². The van der Waals surface area contributed by atoms with Crippen molar-refractivity contribution in [2.45, 2.75) is 13.3 Å². The van der Waals surface area contributed by atoms with Gasteiger partial charge in [-0.15, -0.1) is 0 Å². The zero-order valence-electron chi connectivity index (χ0n) is 11.2. The highest BCUT2D eigenvalue weighted by Gasteiger charge is 2.15. The Labute approximate surface area is 124 Å². The molecule has 2 heterocycles. The fraction of sp³-hybridized carbons (Fsp3) is 0.200. The van der Waals surface area contributed by atoms with Crippen molar-refractivity contribution in [2.24, 2.45) is 12.0 Å². The second-order valence-electron chi connectivity index (χ2n) is 4.79. The third-order valence-corrected chi connectivity index (χ3v) is 4.06. The topological polar surface area (TPSA) is 30.2 Å². The van der Waals surface area contributed by atoms with Gasteiger partial charge in [-0.3, -0.25) is 4.99 Å². The van der Waals surface area contributed by atoms with Crippen molar-refractivity contribution in [2.75, 3.05) is 0 Å². The van der Waals surface area contributed by atoms with Crippen molar-refractivity contribution in [1.82, 2.24) is 9.55 Å². The molecule has 0 amide bonds. The molecule has 5 heteroatoms. The lowest BCUT2D eigenvalue weighted by Gasteiger charge is -2.06. The Morgan fingerprint density at radius 1 is 1.35 bits per heavy atom. The largest absolute Gasteiger partial charge is 0.327 e. The third-order valence-electron chi connectivity index (χ3n) is 3.45. The van der Waals surface area contributed by atoms with Crippen LogP contribution in [0.5, 0.6) is 0 Å². The lowest BCUT2D eigenvalue weighted by molar-refractivity contribution is 0.622. The molecule has 102 valence electrons. The molecular weight excluding hydrogens is 321 g/mol. The van der Waals surface area contributed by atoms with Crippen molar-refractivity contribution in [3.8, 4) is 0 Å². The van der Waals surface area contributed by atoms with E-state index in [1.807, 2.05) is 23.9 Å². The molecule has 0 aliphatic carbocycles. The van der Waals surface area contributed by atoms with Crippen LogP contribution >= 0.6 is 15.9 Å². The summed E-state index contributed by atoms with van der Waals surface area (Å²) in [7, 11) is 1.90. The fourth-order valence-corrected chi connectivity index (χ4v) is 2.65. The van der Waals surface area contributed by atoms with Crippen molar-refractivity contribution >= 4 is 38.8 Å². The number of fused-ring (bicyclic) bond motifs is 1. The van der Waals surface area contributed by atoms with E-state index in [2.05, 4.69) is 32.8 Å². The molecule has 1 aromatic heterocycles. The summed E-state index contributed by atoms with van der Waals surface area (Å²) < 4.78 is 16.0. The Balaban J connectivity index is 2.25. The molecule has 0 N–H and O–H groups in total. The minimum Gasteiger partial charge on any atom is -0.327 e. The van der Waals surface area contributed by atoms with Gasteiger partial charge in [0.1, 0.15) is 11.6 Å². The maximum absolute atomic E-state index is 13.7. The summed E-state index contributed by atoms with van der Waals surface area (Å²) >= 11 is 3.20. The summed E-state index contributed by atoms with van der Waals surface area (Å²) in [4.78, 5) is 8.79. The standard InChI is InChI=1S/C15H13BrFN3/c1-9-3-5-18-6-4-10(9)15-19-13-7-11(16)12(17)8-14(13)20(15)2/h4-8H,3H2,1-2H3. The van der Waals surface area contributed by atoms with E-state index >= 15 is 0 Å². The SMILES string of the molecule is CC1=C(c2nc3cc(Br)c(F)cc3n2C)C=CN=CC1. The third kappa shape index (κ3) is 2.12. The number of benzene rings is 1. The first-order valence-corrected chi connectivity index (χ1v) is 7.07. The van der Waals surface area contributed by atoms with E-state index in [-0.39, 0.29) is 5.82 Å². The van der Waals surface area contributed by atoms with Crippen molar-refractivity contribution in [3.05, 3.63) is 46.1 Å². The van der Waals surface area contributed by atoms with E-state index in [9.17, 15) is 4.39 Å². The molecule has 2 aromatic rings. The molecule has 0 spiro atoms. The first-order valence-electron chi connectivity index (χ1n) is 6.27. The van der Waals surface area contributed by atoms with Crippen LogP contribution in [0.1, 0.15) is 19.2 Å². The fourth-order valence-electron chi connectivity index (χ4n) is 2.31. The zero-order chi connectivity index (χ0) is 14.3. The smallest absolute Gasteiger partial charge is 0.140 e. The Morgan fingerprint density at radius 3 is 2.95 bits per heavy atom. The number of hydrogen-bond donors (Lipinski definition) is 0. The van der Waals surface area contributed by atoms with Gasteiger partial charge < -0.3 is 4.57 Å². The van der Waals surface area contributed by atoms with Gasteiger partial charge in [0, 0.05) is 37.5 Å². The second kappa shape index (κ2) is 4.98. The van der Waals surface area contributed by atoms with Gasteiger partial charge in [-0.2, -0.15) is 0 Å². The lowest BCUT2D eigenvalue weighted by atomic mass is 10.1. The molecule has 20 heavy (non-hydrogen) atoms. The molecule has 3 rings (SSSR count). The average Bonchev–Trinajstić information content (AvgIpc) is 2.60. The Bertz CT molecular complexity index is 784. The number of aryl methyl sites for hydroxylation is 1. The van der Waals surface area contributed by atoms with Crippen LogP contribution in [0.3, 0.4) is 0 Å². The Morgan fingerprint density at radius 2 is 2.15 bits per heavy atom. The second-order valence-corrected chi connectivity index (χ2v) is 5.65. The first kappa shape index (κ1) is 13.2. The maximum atomic E-state index is 13.7. The number of rotatable bonds is 1. The first-order chi connectivity index (χ1) is 9.58. The minimum atomic E-state index is -0.280. The highest BCUT2D eigenvalue weighted by Crippen LogP contribution is 2.28. The number of allylic oxidation sites excluding steroid dienone is 3. The van der Waals surface area contributed by atoms with Gasteiger partial charge in [0.05, 0.1) is 15.5 Å². The summed E-state index contributed by atoms with van der Waals surface area (Å²) in [5.74, 6) is 0.550. The quantitative estimate of drug-likeness (QED) is 0.767. The number of nitrogens with zero attached hydrogens (tertiary/aromatic N) is 3. The van der Waals surface area contributed by atoms with Gasteiger partial charge in [0.15, 0.2) is 0 Å². The number of hydrogen-bond acceptors (Lipinski definition) is 2. The predicted molar refractivity (Wildman–Crippen MR) is 83.2 cm³/mol. The zero-order valence-corrected chi connectivity index (χ0v) is 12.8. The molecular formula is C15H13BrFN3. The van der Waals surface area contributed by atoms with Gasteiger partial charge in [-0.05, 0) is 35.0 Å². The summed E-state index contributed by atoms with van der Waals surface area (Å²) in [6, 6.07) is 3.21. The maximum Gasteiger partial charge on any atom is 0.140 e. The van der Waals surface area contributed by atoms with Crippen LogP contribution in [0, 0.1) is 5.82 Å². The summed E-state index contributed by atoms with van der Waals surface area (Å²) in [5, 5.41) is 0. The molecule has 0 fully saturated rings. The highest BCUT2D eigenvalue weighted by molar-refractivity contribution is 9.10. The van der Waals surface area contributed by atoms with Crippen LogP contribution in [-0.2, 0) is 7.05 Å². The van der Waals surface area contributed by atoms with Crippen molar-refractivity contribution in [3.63, 3.8) is 0 Å². The molecule has 1 aromatic carbocycles. The van der Waals surface area contributed by atoms with Crippen LogP contribution < -0.4 is 0 Å². The molecule has 0 bridgehead atoms. The number of aromatic nitrogens is 2. The number of imidazole rings is 1. The summed E-state index contributed by atoms with van der Waals surface area (Å²) in [5.41, 5.74) is 3.78. The van der Waals surface area contributed by atoms with Gasteiger partial charge in [-0.1, -0.05) is 5.57 Å². The van der Waals surface area contributed by atoms with Gasteiger partial charge in [-0.25, -0.2) is 9.37 Å². The van der Waals surface area contributed by atoms with E-state index in [4.69, 9.17) is 0 Å². The predicted octanol–water partition coefficient (Wildman–Crippen LogP) is 4.24. The van der Waals surface area contributed by atoms with Crippen molar-refractivity contribution in [1.29, 1.82) is 0 Å². The van der Waals surface area contributed by atoms with E-state index in [1.165, 1.54) is 11.6 Å². The Hall–Kier alpha value is -1.75. The van der Waals surface area contributed by atoms with E-state index in [0.717, 1.165) is 28.9 Å². The molecule has 0 atom stereocenters. The molecule has 1 aliphatic heterocycles. The lowest BCUT2D eigenvalue weighted by Crippen LogP contribution is -1.98. The van der Waals surface area contributed by atoms with Crippen LogP contribution in [0.4, 0.5) is 4.39 Å². The molecule has 0 radical (unpaired) electrons. The van der Waals surface area contributed by atoms with E-state index < -0.39 is 0 Å². The minimum absolute atomic E-state index is 0.280. The van der Waals surface area contributed by atoms with Crippen LogP contribution in [0.25, 0.3) is 16.6 Å². The molecule has 3 nitrogen and oxygen atoms in total. The molecule has 0 saturated carbocycles. The molecule has 0 unspecified atom stereocenters. The Kier molecular flexibility index (Phi) is 3.30. The van der Waals surface area contributed by atoms with Gasteiger partial charge in [0.2, 0.25) is 0 Å². The van der Waals surface area contributed by atoms with Gasteiger partial charge in [0.25, 0.3) is 0 Å². The molecule has 1 aliphatic rings. The van der Waals surface area contributed by atoms with Crippen LogP contribution in [-0.4, -0.2) is 15.8 Å². The molecule has 0 saturated heterocycles. The van der Waals surface area contributed by atoms with Crippen LogP contribution in [0.2, 0.25) is 0 Å². The van der Waals surface area contributed by atoms with E-state index in [1.54, 1.807) is 12.3 Å². The normalized spacial score (nSPS) is 15.2. The monoisotopic (exact) mass is 333 g/mol. The number of halogens is 2. The van der Waals surface area contributed by atoms with Gasteiger partial charge >= 0.3 is 0 Å². The highest BCUT2D eigenvalue weighted by atomic mass is 79.9. The number of aliphatic imine (C=N–C) groups is 1. The summed E-state index contributed by atoms with van der Waals surface area (Å²) in [6.07, 6.45) is 6.38. The summed E-state index contributed by atoms with van der Waals surface area (Å²) in [6.45, 7) is 2.06. The van der Waals surface area contributed by atoms with Crippen molar-refractivity contribution < 1.29 is 4.39 Å².